The zero-order chi connectivity index (χ0) is 12.4. The first-order valence-corrected chi connectivity index (χ1v) is 6.36. The molecule has 18 heavy (non-hydrogen) atoms. The van der Waals surface area contributed by atoms with Gasteiger partial charge in [0.1, 0.15) is 5.69 Å². The molecule has 92 valence electrons. The SMILES string of the molecule is O=C(N[C@@H]1CCCc2ccccc21)c1ccc[nH]1. The van der Waals surface area contributed by atoms with Crippen LogP contribution in [-0.2, 0) is 6.42 Å². The van der Waals surface area contributed by atoms with E-state index in [-0.39, 0.29) is 11.9 Å². The van der Waals surface area contributed by atoms with Crippen molar-refractivity contribution in [1.82, 2.24) is 10.3 Å². The number of amides is 1. The Morgan fingerprint density at radius 1 is 1.22 bits per heavy atom. The number of fused-ring (bicyclic) bond motifs is 1. The van der Waals surface area contributed by atoms with Crippen LogP contribution < -0.4 is 5.32 Å². The van der Waals surface area contributed by atoms with Crippen LogP contribution in [0.25, 0.3) is 0 Å². The largest absolute Gasteiger partial charge is 0.357 e. The summed E-state index contributed by atoms with van der Waals surface area (Å²) in [6, 6.07) is 12.2. The first-order chi connectivity index (χ1) is 8.84. The highest BCUT2D eigenvalue weighted by atomic mass is 16.1. The zero-order valence-corrected chi connectivity index (χ0v) is 10.1. The Bertz CT molecular complexity index is 545. The van der Waals surface area contributed by atoms with E-state index in [9.17, 15) is 4.79 Å². The second-order valence-electron chi connectivity index (χ2n) is 4.70. The van der Waals surface area contributed by atoms with Gasteiger partial charge < -0.3 is 10.3 Å². The molecule has 0 spiro atoms. The van der Waals surface area contributed by atoms with E-state index in [4.69, 9.17) is 0 Å². The van der Waals surface area contributed by atoms with Crippen LogP contribution >= 0.6 is 0 Å². The number of hydrogen-bond acceptors (Lipinski definition) is 1. The molecule has 3 rings (SSSR count). The minimum Gasteiger partial charge on any atom is -0.357 e. The Labute approximate surface area is 106 Å². The van der Waals surface area contributed by atoms with Crippen molar-refractivity contribution in [3.63, 3.8) is 0 Å². The topological polar surface area (TPSA) is 44.9 Å². The van der Waals surface area contributed by atoms with Gasteiger partial charge in [0, 0.05) is 6.20 Å². The third kappa shape index (κ3) is 2.04. The number of H-pyrrole nitrogens is 1. The lowest BCUT2D eigenvalue weighted by Gasteiger charge is -2.26. The first-order valence-electron chi connectivity index (χ1n) is 6.36. The van der Waals surface area contributed by atoms with Crippen LogP contribution in [0, 0.1) is 0 Å². The summed E-state index contributed by atoms with van der Waals surface area (Å²) in [6.07, 6.45) is 5.03. The summed E-state index contributed by atoms with van der Waals surface area (Å²) in [5.41, 5.74) is 3.25. The van der Waals surface area contributed by atoms with Gasteiger partial charge in [-0.1, -0.05) is 24.3 Å². The monoisotopic (exact) mass is 240 g/mol. The Balaban J connectivity index is 1.80. The molecule has 1 atom stereocenters. The fraction of sp³-hybridized carbons (Fsp3) is 0.267. The smallest absolute Gasteiger partial charge is 0.268 e. The van der Waals surface area contributed by atoms with Gasteiger partial charge in [0.15, 0.2) is 0 Å². The molecule has 3 nitrogen and oxygen atoms in total. The van der Waals surface area contributed by atoms with Crippen molar-refractivity contribution in [2.45, 2.75) is 25.3 Å². The predicted octanol–water partition coefficient (Wildman–Crippen LogP) is 2.82. The van der Waals surface area contributed by atoms with Gasteiger partial charge in [-0.2, -0.15) is 0 Å². The molecule has 0 saturated heterocycles. The summed E-state index contributed by atoms with van der Waals surface area (Å²) in [7, 11) is 0. The number of nitrogens with one attached hydrogen (secondary N) is 2. The second kappa shape index (κ2) is 4.69. The highest BCUT2D eigenvalue weighted by Crippen LogP contribution is 2.29. The van der Waals surface area contributed by atoms with Crippen LogP contribution in [0.3, 0.4) is 0 Å². The number of hydrogen-bond donors (Lipinski definition) is 2. The molecule has 0 aliphatic heterocycles. The lowest BCUT2D eigenvalue weighted by molar-refractivity contribution is 0.0928. The molecular weight excluding hydrogens is 224 g/mol. The highest BCUT2D eigenvalue weighted by Gasteiger charge is 2.21. The van der Waals surface area contributed by atoms with E-state index >= 15 is 0 Å². The van der Waals surface area contributed by atoms with Gasteiger partial charge >= 0.3 is 0 Å². The summed E-state index contributed by atoms with van der Waals surface area (Å²) in [5.74, 6) is -0.0262. The number of aromatic nitrogens is 1. The third-order valence-electron chi connectivity index (χ3n) is 3.52. The summed E-state index contributed by atoms with van der Waals surface area (Å²) in [5, 5.41) is 3.11. The van der Waals surface area contributed by atoms with E-state index in [0.717, 1.165) is 19.3 Å². The van der Waals surface area contributed by atoms with Crippen molar-refractivity contribution < 1.29 is 4.79 Å². The molecule has 2 N–H and O–H groups in total. The summed E-state index contributed by atoms with van der Waals surface area (Å²) in [6.45, 7) is 0. The van der Waals surface area contributed by atoms with Crippen LogP contribution in [0.1, 0.15) is 40.5 Å². The molecule has 0 fully saturated rings. The number of carbonyl (C=O) groups excluding carboxylic acids is 1. The van der Waals surface area contributed by atoms with Crippen molar-refractivity contribution >= 4 is 5.91 Å². The maximum atomic E-state index is 12.0. The molecule has 1 amide bonds. The van der Waals surface area contributed by atoms with Crippen LogP contribution in [0.2, 0.25) is 0 Å². The molecule has 1 aliphatic carbocycles. The average molecular weight is 240 g/mol. The Morgan fingerprint density at radius 2 is 2.11 bits per heavy atom. The molecular formula is C15H16N2O. The standard InChI is InChI=1S/C15H16N2O/c18-15(14-9-4-10-16-14)17-13-8-3-6-11-5-1-2-7-12(11)13/h1-2,4-5,7,9-10,13,16H,3,6,8H2,(H,17,18)/t13-/m1/s1. The number of benzene rings is 1. The minimum absolute atomic E-state index is 0.0262. The highest BCUT2D eigenvalue weighted by molar-refractivity contribution is 5.92. The van der Waals surface area contributed by atoms with Gasteiger partial charge in [0.2, 0.25) is 0 Å². The zero-order valence-electron chi connectivity index (χ0n) is 10.1. The van der Waals surface area contributed by atoms with E-state index in [1.165, 1.54) is 11.1 Å². The number of carbonyl (C=O) groups is 1. The first kappa shape index (κ1) is 11.1. The molecule has 1 heterocycles. The molecule has 1 aromatic heterocycles. The van der Waals surface area contributed by atoms with Gasteiger partial charge in [-0.25, -0.2) is 0 Å². The van der Waals surface area contributed by atoms with E-state index in [1.807, 2.05) is 12.1 Å². The van der Waals surface area contributed by atoms with Gasteiger partial charge in [-0.3, -0.25) is 4.79 Å². The van der Waals surface area contributed by atoms with Crippen molar-refractivity contribution in [2.75, 3.05) is 0 Å². The Kier molecular flexibility index (Phi) is 2.89. The fourth-order valence-electron chi connectivity index (χ4n) is 2.61. The second-order valence-corrected chi connectivity index (χ2v) is 4.70. The number of aromatic amines is 1. The summed E-state index contributed by atoms with van der Waals surface area (Å²) in [4.78, 5) is 15.0. The molecule has 1 aromatic carbocycles. The maximum absolute atomic E-state index is 12.0. The van der Waals surface area contributed by atoms with E-state index in [2.05, 4.69) is 28.5 Å². The van der Waals surface area contributed by atoms with Gasteiger partial charge in [0.25, 0.3) is 5.91 Å². The van der Waals surface area contributed by atoms with Crippen molar-refractivity contribution in [3.8, 4) is 0 Å². The molecule has 0 unspecified atom stereocenters. The molecule has 0 radical (unpaired) electrons. The van der Waals surface area contributed by atoms with Crippen LogP contribution in [-0.4, -0.2) is 10.9 Å². The van der Waals surface area contributed by atoms with Crippen LogP contribution in [0.5, 0.6) is 0 Å². The third-order valence-corrected chi connectivity index (χ3v) is 3.52. The maximum Gasteiger partial charge on any atom is 0.268 e. The normalized spacial score (nSPS) is 18.1. The van der Waals surface area contributed by atoms with Crippen LogP contribution in [0.4, 0.5) is 0 Å². The van der Waals surface area contributed by atoms with Crippen molar-refractivity contribution in [3.05, 3.63) is 59.4 Å². The van der Waals surface area contributed by atoms with E-state index in [0.29, 0.717) is 5.69 Å². The molecule has 0 saturated carbocycles. The van der Waals surface area contributed by atoms with Crippen molar-refractivity contribution in [2.24, 2.45) is 0 Å². The quantitative estimate of drug-likeness (QED) is 0.833. The summed E-state index contributed by atoms with van der Waals surface area (Å²) >= 11 is 0. The van der Waals surface area contributed by atoms with Gasteiger partial charge in [-0.15, -0.1) is 0 Å². The predicted molar refractivity (Wildman–Crippen MR) is 70.4 cm³/mol. The van der Waals surface area contributed by atoms with Crippen molar-refractivity contribution in [1.29, 1.82) is 0 Å². The van der Waals surface area contributed by atoms with Gasteiger partial charge in [-0.05, 0) is 42.5 Å². The lowest BCUT2D eigenvalue weighted by atomic mass is 9.88. The molecule has 0 bridgehead atoms. The summed E-state index contributed by atoms with van der Waals surface area (Å²) < 4.78 is 0. The molecule has 1 aliphatic rings. The molecule has 2 aromatic rings. The minimum atomic E-state index is -0.0262. The number of aryl methyl sites for hydroxylation is 1. The fourth-order valence-corrected chi connectivity index (χ4v) is 2.61. The Hall–Kier alpha value is -2.03. The van der Waals surface area contributed by atoms with Crippen LogP contribution in [0.15, 0.2) is 42.6 Å². The Morgan fingerprint density at radius 3 is 2.94 bits per heavy atom. The van der Waals surface area contributed by atoms with E-state index in [1.54, 1.807) is 12.3 Å². The average Bonchev–Trinajstić information content (AvgIpc) is 2.93. The van der Waals surface area contributed by atoms with Gasteiger partial charge in [0.05, 0.1) is 6.04 Å². The lowest BCUT2D eigenvalue weighted by Crippen LogP contribution is -2.31. The molecule has 3 heteroatoms. The number of rotatable bonds is 2. The van der Waals surface area contributed by atoms with E-state index < -0.39 is 0 Å².